The Labute approximate surface area is 140 Å². The molecule has 0 bridgehead atoms. The molecule has 0 spiro atoms. The molecule has 1 amide bonds. The molecule has 1 saturated heterocycles. The quantitative estimate of drug-likeness (QED) is 0.514. The minimum atomic E-state index is -0.531. The maximum Gasteiger partial charge on any atom is 0.290 e. The topological polar surface area (TPSA) is 108 Å². The Morgan fingerprint density at radius 1 is 1.61 bits per heavy atom. The zero-order valence-corrected chi connectivity index (χ0v) is 13.8. The van der Waals surface area contributed by atoms with E-state index in [-0.39, 0.29) is 18.3 Å². The first-order valence-electron chi connectivity index (χ1n) is 7.38. The lowest BCUT2D eigenvalue weighted by Crippen LogP contribution is -2.48. The van der Waals surface area contributed by atoms with Gasteiger partial charge in [0, 0.05) is 32.4 Å². The Kier molecular flexibility index (Phi) is 8.60. The minimum absolute atomic E-state index is 0.0671. The largest absolute Gasteiger partial charge is 0.483 e. The number of likely N-dealkylation sites (tertiary alicyclic amines) is 1. The van der Waals surface area contributed by atoms with Gasteiger partial charge in [0.1, 0.15) is 0 Å². The highest BCUT2D eigenvalue weighted by atomic mass is 35.5. The number of piperidine rings is 1. The Hall–Kier alpha value is -1.64. The Morgan fingerprint density at radius 3 is 2.91 bits per heavy atom. The third-order valence-corrected chi connectivity index (χ3v) is 3.78. The molecule has 1 aliphatic rings. The third kappa shape index (κ3) is 6.98. The number of aromatic nitrogens is 2. The number of carboxylic acid groups (broad SMARTS) is 1. The summed E-state index contributed by atoms with van der Waals surface area (Å²) in [5.41, 5.74) is 0. The van der Waals surface area contributed by atoms with E-state index < -0.39 is 6.10 Å². The molecular weight excluding hydrogens is 324 g/mol. The molecule has 3 N–H and O–H groups in total. The Bertz CT molecular complexity index is 497. The minimum Gasteiger partial charge on any atom is -0.483 e. The average molecular weight is 347 g/mol. The molecule has 2 atom stereocenters. The Morgan fingerprint density at radius 2 is 2.30 bits per heavy atom. The maximum absolute atomic E-state index is 12.0. The number of halogens is 1. The molecule has 2 rings (SSSR count). The van der Waals surface area contributed by atoms with Gasteiger partial charge in [-0.25, -0.2) is 0 Å². The van der Waals surface area contributed by atoms with Gasteiger partial charge in [0.25, 0.3) is 6.47 Å². The zero-order chi connectivity index (χ0) is 17.2. The van der Waals surface area contributed by atoms with Crippen molar-refractivity contribution in [2.45, 2.75) is 25.5 Å². The number of rotatable bonds is 5. The fourth-order valence-electron chi connectivity index (χ4n) is 2.40. The second-order valence-corrected chi connectivity index (χ2v) is 5.83. The number of aliphatic hydroxyl groups is 1. The van der Waals surface area contributed by atoms with Crippen molar-refractivity contribution < 1.29 is 19.8 Å². The molecule has 0 radical (unpaired) electrons. The molecule has 8 nitrogen and oxygen atoms in total. The highest BCUT2D eigenvalue weighted by molar-refractivity contribution is 6.30. The monoisotopic (exact) mass is 346 g/mol. The van der Waals surface area contributed by atoms with Gasteiger partial charge in [-0.1, -0.05) is 11.6 Å². The molecule has 23 heavy (non-hydrogen) atoms. The summed E-state index contributed by atoms with van der Waals surface area (Å²) < 4.78 is 1.75. The number of carbonyl (C=O) groups excluding carboxylic acids is 1. The molecule has 2 heterocycles. The highest BCUT2D eigenvalue weighted by Crippen LogP contribution is 2.16. The standard InChI is InChI=1S/C13H21ClN4O2.CH2O2/c1-17-6-3-12(19)11(9-17)13(20)15-4-2-5-18-8-10(14)7-16-18;2-1-3/h7-8,11-12,19H,2-6,9H2,1H3,(H,15,20);1H,(H,2,3)/t11-,12-;/m1./s1. The van der Waals surface area contributed by atoms with E-state index in [0.717, 1.165) is 13.0 Å². The fourth-order valence-corrected chi connectivity index (χ4v) is 2.56. The van der Waals surface area contributed by atoms with Crippen molar-refractivity contribution in [3.8, 4) is 0 Å². The molecule has 1 aromatic heterocycles. The summed E-state index contributed by atoms with van der Waals surface area (Å²) in [5, 5.41) is 24.3. The molecule has 1 fully saturated rings. The van der Waals surface area contributed by atoms with Gasteiger partial charge in [-0.05, 0) is 19.9 Å². The molecule has 0 aliphatic carbocycles. The number of hydrogen-bond donors (Lipinski definition) is 3. The summed E-state index contributed by atoms with van der Waals surface area (Å²) in [4.78, 5) is 22.5. The molecule has 0 aromatic carbocycles. The maximum atomic E-state index is 12.0. The molecule has 1 aromatic rings. The van der Waals surface area contributed by atoms with Crippen molar-refractivity contribution in [2.24, 2.45) is 5.92 Å². The summed E-state index contributed by atoms with van der Waals surface area (Å²) in [6.07, 6.45) is 4.25. The van der Waals surface area contributed by atoms with Gasteiger partial charge in [0.2, 0.25) is 5.91 Å². The van der Waals surface area contributed by atoms with E-state index in [1.54, 1.807) is 17.1 Å². The lowest BCUT2D eigenvalue weighted by Gasteiger charge is -2.32. The summed E-state index contributed by atoms with van der Waals surface area (Å²) in [6.45, 7) is 2.48. The van der Waals surface area contributed by atoms with Crippen molar-refractivity contribution >= 4 is 24.0 Å². The van der Waals surface area contributed by atoms with E-state index in [9.17, 15) is 9.90 Å². The van der Waals surface area contributed by atoms with Crippen molar-refractivity contribution in [2.75, 3.05) is 26.7 Å². The first kappa shape index (κ1) is 19.4. The van der Waals surface area contributed by atoms with Crippen LogP contribution in [0.4, 0.5) is 0 Å². The zero-order valence-electron chi connectivity index (χ0n) is 13.1. The van der Waals surface area contributed by atoms with Gasteiger partial charge in [0.05, 0.1) is 23.2 Å². The van der Waals surface area contributed by atoms with Gasteiger partial charge in [0.15, 0.2) is 0 Å². The van der Waals surface area contributed by atoms with Crippen LogP contribution >= 0.6 is 11.6 Å². The van der Waals surface area contributed by atoms with Crippen LogP contribution in [0.2, 0.25) is 5.02 Å². The van der Waals surface area contributed by atoms with E-state index in [1.165, 1.54) is 0 Å². The van der Waals surface area contributed by atoms with E-state index in [4.69, 9.17) is 21.5 Å². The van der Waals surface area contributed by atoms with Crippen LogP contribution in [0.5, 0.6) is 0 Å². The smallest absolute Gasteiger partial charge is 0.290 e. The molecule has 1 aliphatic heterocycles. The van der Waals surface area contributed by atoms with Crippen LogP contribution in [0.25, 0.3) is 0 Å². The van der Waals surface area contributed by atoms with Crippen molar-refractivity contribution in [1.29, 1.82) is 0 Å². The van der Waals surface area contributed by atoms with Crippen LogP contribution in [-0.4, -0.2) is 70.1 Å². The van der Waals surface area contributed by atoms with E-state index >= 15 is 0 Å². The first-order chi connectivity index (χ1) is 11.0. The number of hydrogen-bond acceptors (Lipinski definition) is 5. The summed E-state index contributed by atoms with van der Waals surface area (Å²) in [5.74, 6) is -0.393. The van der Waals surface area contributed by atoms with Gasteiger partial charge in [-0.2, -0.15) is 5.10 Å². The average Bonchev–Trinajstić information content (AvgIpc) is 2.92. The second-order valence-electron chi connectivity index (χ2n) is 5.40. The van der Waals surface area contributed by atoms with Gasteiger partial charge >= 0.3 is 0 Å². The van der Waals surface area contributed by atoms with E-state index in [0.29, 0.717) is 31.1 Å². The van der Waals surface area contributed by atoms with Crippen LogP contribution < -0.4 is 5.32 Å². The van der Waals surface area contributed by atoms with Crippen molar-refractivity contribution in [3.05, 3.63) is 17.4 Å². The molecule has 0 saturated carbocycles. The molecule has 9 heteroatoms. The van der Waals surface area contributed by atoms with Crippen molar-refractivity contribution in [3.63, 3.8) is 0 Å². The highest BCUT2D eigenvalue weighted by Gasteiger charge is 2.31. The summed E-state index contributed by atoms with van der Waals surface area (Å²) in [7, 11) is 1.97. The van der Waals surface area contributed by atoms with E-state index in [1.807, 2.05) is 7.05 Å². The Balaban J connectivity index is 0.000000816. The fraction of sp³-hybridized carbons (Fsp3) is 0.643. The number of carbonyl (C=O) groups is 2. The molecule has 0 unspecified atom stereocenters. The lowest BCUT2D eigenvalue weighted by molar-refractivity contribution is -0.131. The van der Waals surface area contributed by atoms with Crippen LogP contribution in [0.15, 0.2) is 12.4 Å². The van der Waals surface area contributed by atoms with Crippen LogP contribution in [0.3, 0.4) is 0 Å². The number of aliphatic hydroxyl groups excluding tert-OH is 1. The number of aryl methyl sites for hydroxylation is 1. The number of nitrogens with one attached hydrogen (secondary N) is 1. The number of amides is 1. The van der Waals surface area contributed by atoms with Gasteiger partial charge in [-0.3, -0.25) is 14.3 Å². The SMILES string of the molecule is CN1CC[C@@H](O)[C@H](C(=O)NCCCn2cc(Cl)cn2)C1.O=CO. The summed E-state index contributed by atoms with van der Waals surface area (Å²) >= 11 is 5.77. The molecular formula is C14H23ClN4O4. The van der Waals surface area contributed by atoms with Crippen LogP contribution in [0, 0.1) is 5.92 Å². The van der Waals surface area contributed by atoms with E-state index in [2.05, 4.69) is 15.3 Å². The van der Waals surface area contributed by atoms with Gasteiger partial charge in [-0.15, -0.1) is 0 Å². The number of nitrogens with zero attached hydrogens (tertiary/aromatic N) is 3. The third-order valence-electron chi connectivity index (χ3n) is 3.58. The lowest BCUT2D eigenvalue weighted by atomic mass is 9.94. The predicted molar refractivity (Wildman–Crippen MR) is 85.2 cm³/mol. The molecule has 130 valence electrons. The normalized spacial score (nSPS) is 21.2. The van der Waals surface area contributed by atoms with Crippen LogP contribution in [-0.2, 0) is 16.1 Å². The van der Waals surface area contributed by atoms with Crippen molar-refractivity contribution in [1.82, 2.24) is 20.0 Å². The summed E-state index contributed by atoms with van der Waals surface area (Å²) in [6, 6.07) is 0. The first-order valence-corrected chi connectivity index (χ1v) is 7.75. The van der Waals surface area contributed by atoms with Gasteiger partial charge < -0.3 is 20.4 Å². The predicted octanol–water partition coefficient (Wildman–Crippen LogP) is 0.0562. The van der Waals surface area contributed by atoms with Crippen LogP contribution in [0.1, 0.15) is 12.8 Å². The second kappa shape index (κ2) is 10.2.